The Morgan fingerprint density at radius 2 is 2.27 bits per heavy atom. The maximum absolute atomic E-state index is 5.08. The van der Waals surface area contributed by atoms with E-state index in [1.807, 2.05) is 11.8 Å². The average molecular weight is 230 g/mol. The quantitative estimate of drug-likeness (QED) is 0.784. The number of aliphatic imine (C=N–C) groups is 1. The smallest absolute Gasteiger partial charge is 0.156 e. The fourth-order valence-electron chi connectivity index (χ4n) is 1.44. The van der Waals surface area contributed by atoms with E-state index in [0.29, 0.717) is 17.9 Å². The van der Waals surface area contributed by atoms with Gasteiger partial charge in [-0.1, -0.05) is 32.5 Å². The number of nitrogens with zero attached hydrogens (tertiary/aromatic N) is 1. The molecule has 1 aliphatic rings. The molecule has 15 heavy (non-hydrogen) atoms. The molecule has 3 nitrogen and oxygen atoms in total. The van der Waals surface area contributed by atoms with E-state index >= 15 is 0 Å². The Kier molecular flexibility index (Phi) is 5.47. The molecular weight excluding hydrogens is 208 g/mol. The number of rotatable bonds is 5. The molecular formula is C11H22N2OS. The summed E-state index contributed by atoms with van der Waals surface area (Å²) in [5, 5.41) is 4.57. The predicted octanol–water partition coefficient (Wildman–Crippen LogP) is 1.99. The van der Waals surface area contributed by atoms with Gasteiger partial charge in [0.25, 0.3) is 0 Å². The van der Waals surface area contributed by atoms with Crippen molar-refractivity contribution in [2.24, 2.45) is 16.8 Å². The van der Waals surface area contributed by atoms with Gasteiger partial charge in [0.15, 0.2) is 5.17 Å². The van der Waals surface area contributed by atoms with E-state index in [-0.39, 0.29) is 0 Å². The van der Waals surface area contributed by atoms with Crippen LogP contribution >= 0.6 is 11.8 Å². The molecule has 2 atom stereocenters. The SMILES string of the molecule is COCC(C)CN=C1N[C@@H](C(C)C)CS1. The highest BCUT2D eigenvalue weighted by Crippen LogP contribution is 2.19. The largest absolute Gasteiger partial charge is 0.384 e. The Morgan fingerprint density at radius 1 is 1.53 bits per heavy atom. The monoisotopic (exact) mass is 230 g/mol. The molecule has 0 spiro atoms. The van der Waals surface area contributed by atoms with Crippen LogP contribution in [-0.2, 0) is 4.74 Å². The summed E-state index contributed by atoms with van der Waals surface area (Å²) in [6.45, 7) is 8.29. The van der Waals surface area contributed by atoms with Gasteiger partial charge in [-0.05, 0) is 11.8 Å². The van der Waals surface area contributed by atoms with Crippen molar-refractivity contribution >= 4 is 16.9 Å². The van der Waals surface area contributed by atoms with Crippen molar-refractivity contribution in [3.63, 3.8) is 0 Å². The third kappa shape index (κ3) is 4.43. The molecule has 1 saturated heterocycles. The van der Waals surface area contributed by atoms with Crippen molar-refractivity contribution < 1.29 is 4.74 Å². The van der Waals surface area contributed by atoms with Crippen LogP contribution in [0.3, 0.4) is 0 Å². The molecule has 4 heteroatoms. The summed E-state index contributed by atoms with van der Waals surface area (Å²) in [6, 6.07) is 0.589. The molecule has 0 aromatic heterocycles. The van der Waals surface area contributed by atoms with Crippen LogP contribution in [0.4, 0.5) is 0 Å². The van der Waals surface area contributed by atoms with Crippen molar-refractivity contribution in [3.8, 4) is 0 Å². The minimum absolute atomic E-state index is 0.503. The van der Waals surface area contributed by atoms with Crippen LogP contribution in [0.25, 0.3) is 0 Å². The van der Waals surface area contributed by atoms with Crippen LogP contribution in [0.1, 0.15) is 20.8 Å². The number of ether oxygens (including phenoxy) is 1. The second-order valence-corrected chi connectivity index (χ2v) is 5.52. The van der Waals surface area contributed by atoms with Gasteiger partial charge in [-0.15, -0.1) is 0 Å². The van der Waals surface area contributed by atoms with Crippen molar-refractivity contribution in [1.82, 2.24) is 5.32 Å². The Labute approximate surface area is 97.1 Å². The van der Waals surface area contributed by atoms with E-state index in [4.69, 9.17) is 4.74 Å². The zero-order valence-corrected chi connectivity index (χ0v) is 10.9. The van der Waals surface area contributed by atoms with E-state index in [0.717, 1.165) is 24.1 Å². The summed E-state index contributed by atoms with van der Waals surface area (Å²) < 4.78 is 5.08. The molecule has 0 bridgehead atoms. The van der Waals surface area contributed by atoms with E-state index < -0.39 is 0 Å². The molecule has 88 valence electrons. The number of hydrogen-bond donors (Lipinski definition) is 1. The maximum atomic E-state index is 5.08. The van der Waals surface area contributed by atoms with E-state index in [1.54, 1.807) is 7.11 Å². The minimum atomic E-state index is 0.503. The van der Waals surface area contributed by atoms with Crippen LogP contribution in [-0.4, -0.2) is 37.2 Å². The van der Waals surface area contributed by atoms with Gasteiger partial charge in [-0.25, -0.2) is 0 Å². The van der Waals surface area contributed by atoms with Crippen LogP contribution in [0, 0.1) is 11.8 Å². The lowest BCUT2D eigenvalue weighted by Crippen LogP contribution is -2.31. The molecule has 0 saturated carbocycles. The van der Waals surface area contributed by atoms with Crippen LogP contribution in [0.5, 0.6) is 0 Å². The van der Waals surface area contributed by atoms with Gasteiger partial charge in [0, 0.05) is 25.4 Å². The second-order valence-electron chi connectivity index (χ2n) is 4.51. The van der Waals surface area contributed by atoms with Crippen molar-refractivity contribution in [2.45, 2.75) is 26.8 Å². The Balaban J connectivity index is 2.30. The van der Waals surface area contributed by atoms with Gasteiger partial charge < -0.3 is 10.1 Å². The molecule has 0 aromatic rings. The standard InChI is InChI=1S/C11H22N2OS/c1-8(2)10-7-15-11(13-10)12-5-9(3)6-14-4/h8-10H,5-7H2,1-4H3,(H,12,13)/t9?,10-/m1/s1. The van der Waals surface area contributed by atoms with Gasteiger partial charge in [0.05, 0.1) is 6.61 Å². The Morgan fingerprint density at radius 3 is 2.80 bits per heavy atom. The third-order valence-corrected chi connectivity index (χ3v) is 3.56. The molecule has 1 N–H and O–H groups in total. The predicted molar refractivity (Wildman–Crippen MR) is 67.6 cm³/mol. The third-order valence-electron chi connectivity index (χ3n) is 2.51. The van der Waals surface area contributed by atoms with Crippen molar-refractivity contribution in [1.29, 1.82) is 0 Å². The number of thioether (sulfide) groups is 1. The lowest BCUT2D eigenvalue weighted by atomic mass is 10.1. The topological polar surface area (TPSA) is 33.6 Å². The van der Waals surface area contributed by atoms with Crippen LogP contribution < -0.4 is 5.32 Å². The van der Waals surface area contributed by atoms with Gasteiger partial charge in [0.2, 0.25) is 0 Å². The normalized spacial score (nSPS) is 25.9. The van der Waals surface area contributed by atoms with Gasteiger partial charge in [-0.3, -0.25) is 4.99 Å². The lowest BCUT2D eigenvalue weighted by Gasteiger charge is -2.13. The molecule has 0 radical (unpaired) electrons. The second kappa shape index (κ2) is 6.38. The van der Waals surface area contributed by atoms with Gasteiger partial charge in [-0.2, -0.15) is 0 Å². The first kappa shape index (κ1) is 12.8. The summed E-state index contributed by atoms with van der Waals surface area (Å²) in [6.07, 6.45) is 0. The summed E-state index contributed by atoms with van der Waals surface area (Å²) in [5.74, 6) is 2.33. The van der Waals surface area contributed by atoms with Crippen LogP contribution in [0.2, 0.25) is 0 Å². The molecule has 0 aliphatic carbocycles. The summed E-state index contributed by atoms with van der Waals surface area (Å²) in [7, 11) is 1.74. The highest BCUT2D eigenvalue weighted by atomic mass is 32.2. The molecule has 0 aromatic carbocycles. The summed E-state index contributed by atoms with van der Waals surface area (Å²) in [5.41, 5.74) is 0. The highest BCUT2D eigenvalue weighted by Gasteiger charge is 2.22. The minimum Gasteiger partial charge on any atom is -0.384 e. The number of hydrogen-bond acceptors (Lipinski definition) is 3. The fraction of sp³-hybridized carbons (Fsp3) is 0.909. The molecule has 1 unspecified atom stereocenters. The van der Waals surface area contributed by atoms with Crippen LogP contribution in [0.15, 0.2) is 4.99 Å². The summed E-state index contributed by atoms with van der Waals surface area (Å²) >= 11 is 1.84. The lowest BCUT2D eigenvalue weighted by molar-refractivity contribution is 0.163. The number of nitrogens with one attached hydrogen (secondary N) is 1. The van der Waals surface area contributed by atoms with E-state index in [2.05, 4.69) is 31.1 Å². The number of amidine groups is 1. The zero-order valence-electron chi connectivity index (χ0n) is 10.1. The molecule has 1 fully saturated rings. The maximum Gasteiger partial charge on any atom is 0.156 e. The van der Waals surface area contributed by atoms with E-state index in [1.165, 1.54) is 0 Å². The molecule has 1 aliphatic heterocycles. The first-order valence-corrected chi connectivity index (χ1v) is 6.54. The molecule has 1 rings (SSSR count). The summed E-state index contributed by atoms with van der Waals surface area (Å²) in [4.78, 5) is 4.56. The fourth-order valence-corrected chi connectivity index (χ4v) is 2.64. The number of methoxy groups -OCH3 is 1. The van der Waals surface area contributed by atoms with Crippen molar-refractivity contribution in [3.05, 3.63) is 0 Å². The van der Waals surface area contributed by atoms with E-state index in [9.17, 15) is 0 Å². The van der Waals surface area contributed by atoms with Crippen molar-refractivity contribution in [2.75, 3.05) is 26.0 Å². The Hall–Kier alpha value is -0.220. The average Bonchev–Trinajstić information content (AvgIpc) is 2.63. The zero-order chi connectivity index (χ0) is 11.3. The first-order valence-electron chi connectivity index (χ1n) is 5.56. The van der Waals surface area contributed by atoms with Gasteiger partial charge in [0.1, 0.15) is 0 Å². The highest BCUT2D eigenvalue weighted by molar-refractivity contribution is 8.14. The first-order chi connectivity index (χ1) is 7.13. The Bertz CT molecular complexity index is 219. The van der Waals surface area contributed by atoms with Gasteiger partial charge >= 0.3 is 0 Å². The molecule has 0 amide bonds. The molecule has 1 heterocycles.